The summed E-state index contributed by atoms with van der Waals surface area (Å²) in [7, 11) is 0. The summed E-state index contributed by atoms with van der Waals surface area (Å²) in [5.41, 5.74) is 1.46. The molecule has 4 nitrogen and oxygen atoms in total. The number of Topliss-reactive ketones (excluding diaryl/α,β-unsaturated/α-hetero) is 1. The van der Waals surface area contributed by atoms with Gasteiger partial charge in [-0.25, -0.2) is 8.78 Å². The number of ether oxygens (including phenoxy) is 1. The number of hydrogen-bond donors (Lipinski definition) is 2. The van der Waals surface area contributed by atoms with Gasteiger partial charge < -0.3 is 15.2 Å². The van der Waals surface area contributed by atoms with Gasteiger partial charge in [0.25, 0.3) is 0 Å². The van der Waals surface area contributed by atoms with E-state index in [1.54, 1.807) is 24.3 Å². The summed E-state index contributed by atoms with van der Waals surface area (Å²) in [5.74, 6) is -1.12. The van der Waals surface area contributed by atoms with E-state index in [1.807, 2.05) is 6.92 Å². The van der Waals surface area contributed by atoms with Gasteiger partial charge in [-0.3, -0.25) is 4.79 Å². The normalized spacial score (nSPS) is 28.7. The number of aliphatic hydroxyl groups is 1. The first-order valence-corrected chi connectivity index (χ1v) is 10.1. The SMILES string of the molecule is CCC(=O)[C@H]1[C@H](OC(c2ccc(F)cc2)c2ccc(F)cc2)CC2CC(O)[C@@H]1N2. The van der Waals surface area contributed by atoms with Gasteiger partial charge >= 0.3 is 0 Å². The fraction of sp³-hybridized carbons (Fsp3) is 0.435. The van der Waals surface area contributed by atoms with Crippen LogP contribution in [0.4, 0.5) is 8.78 Å². The minimum Gasteiger partial charge on any atom is -0.391 e. The van der Waals surface area contributed by atoms with Gasteiger partial charge in [0.2, 0.25) is 0 Å². The minimum absolute atomic E-state index is 0.0452. The van der Waals surface area contributed by atoms with Crippen LogP contribution >= 0.6 is 0 Å². The number of carbonyl (C=O) groups is 1. The second kappa shape index (κ2) is 8.30. The Morgan fingerprint density at radius 1 is 1.07 bits per heavy atom. The predicted molar refractivity (Wildman–Crippen MR) is 104 cm³/mol. The van der Waals surface area contributed by atoms with E-state index in [1.165, 1.54) is 24.3 Å². The molecular weight excluding hydrogens is 376 g/mol. The lowest BCUT2D eigenvalue weighted by Gasteiger charge is -2.39. The standard InChI is InChI=1S/C23H25F2NO3/c1-2-18(27)21-20(12-17-11-19(28)22(21)26-17)29-23(13-3-7-15(24)8-4-13)14-5-9-16(25)10-6-14/h3-10,17,19-23,26,28H,2,11-12H2,1H3/t17?,19?,20-,21+,22+/m1/s1. The third-order valence-corrected chi connectivity index (χ3v) is 6.05. The summed E-state index contributed by atoms with van der Waals surface area (Å²) in [6.45, 7) is 1.81. The van der Waals surface area contributed by atoms with Crippen molar-refractivity contribution in [2.45, 2.75) is 56.6 Å². The monoisotopic (exact) mass is 401 g/mol. The maximum absolute atomic E-state index is 13.5. The van der Waals surface area contributed by atoms with Crippen molar-refractivity contribution < 1.29 is 23.4 Å². The van der Waals surface area contributed by atoms with Gasteiger partial charge in [-0.05, 0) is 48.2 Å². The summed E-state index contributed by atoms with van der Waals surface area (Å²) < 4.78 is 33.4. The fourth-order valence-corrected chi connectivity index (χ4v) is 4.64. The molecule has 154 valence electrons. The van der Waals surface area contributed by atoms with Gasteiger partial charge in [-0.2, -0.15) is 0 Å². The first-order chi connectivity index (χ1) is 14.0. The minimum atomic E-state index is -0.579. The van der Waals surface area contributed by atoms with Crippen molar-refractivity contribution in [3.05, 3.63) is 71.3 Å². The Bertz CT molecular complexity index is 810. The van der Waals surface area contributed by atoms with Crippen molar-refractivity contribution in [3.8, 4) is 0 Å². The molecule has 2 heterocycles. The number of halogens is 2. The van der Waals surface area contributed by atoms with Crippen molar-refractivity contribution >= 4 is 5.78 Å². The van der Waals surface area contributed by atoms with E-state index < -0.39 is 24.2 Å². The molecule has 2 aliphatic heterocycles. The number of nitrogens with one attached hydrogen (secondary N) is 1. The van der Waals surface area contributed by atoms with Crippen LogP contribution in [0.15, 0.2) is 48.5 Å². The number of ketones is 1. The molecule has 2 aromatic rings. The molecule has 0 radical (unpaired) electrons. The maximum Gasteiger partial charge on any atom is 0.139 e. The molecule has 0 aliphatic carbocycles. The first-order valence-electron chi connectivity index (χ1n) is 10.1. The van der Waals surface area contributed by atoms with Crippen LogP contribution in [-0.4, -0.2) is 35.2 Å². The number of rotatable bonds is 6. The number of piperidine rings is 1. The zero-order valence-electron chi connectivity index (χ0n) is 16.2. The van der Waals surface area contributed by atoms with E-state index in [-0.39, 0.29) is 29.5 Å². The molecule has 2 bridgehead atoms. The van der Waals surface area contributed by atoms with Crippen molar-refractivity contribution in [1.29, 1.82) is 0 Å². The Morgan fingerprint density at radius 3 is 2.14 bits per heavy atom. The summed E-state index contributed by atoms with van der Waals surface area (Å²) in [5, 5.41) is 13.8. The van der Waals surface area contributed by atoms with Crippen LogP contribution in [0.5, 0.6) is 0 Å². The number of benzene rings is 2. The van der Waals surface area contributed by atoms with Crippen LogP contribution in [0.25, 0.3) is 0 Å². The second-order valence-electron chi connectivity index (χ2n) is 7.93. The van der Waals surface area contributed by atoms with Crippen LogP contribution in [0.3, 0.4) is 0 Å². The molecule has 2 fully saturated rings. The van der Waals surface area contributed by atoms with Gasteiger partial charge in [-0.15, -0.1) is 0 Å². The third-order valence-electron chi connectivity index (χ3n) is 6.05. The van der Waals surface area contributed by atoms with Crippen molar-refractivity contribution in [3.63, 3.8) is 0 Å². The van der Waals surface area contributed by atoms with Gasteiger partial charge in [0.05, 0.1) is 18.1 Å². The average molecular weight is 401 g/mol. The fourth-order valence-electron chi connectivity index (χ4n) is 4.64. The Morgan fingerprint density at radius 2 is 1.62 bits per heavy atom. The molecule has 2 N–H and O–H groups in total. The van der Waals surface area contributed by atoms with Crippen LogP contribution < -0.4 is 5.32 Å². The van der Waals surface area contributed by atoms with E-state index in [9.17, 15) is 18.7 Å². The zero-order chi connectivity index (χ0) is 20.5. The molecule has 4 rings (SSSR count). The number of fused-ring (bicyclic) bond motifs is 2. The van der Waals surface area contributed by atoms with Crippen molar-refractivity contribution in [2.75, 3.05) is 0 Å². The molecule has 0 aromatic heterocycles. The van der Waals surface area contributed by atoms with Gasteiger partial charge in [0.15, 0.2) is 0 Å². The van der Waals surface area contributed by atoms with Crippen LogP contribution in [0.2, 0.25) is 0 Å². The van der Waals surface area contributed by atoms with E-state index >= 15 is 0 Å². The number of aliphatic hydroxyl groups excluding tert-OH is 1. The third kappa shape index (κ3) is 4.10. The smallest absolute Gasteiger partial charge is 0.139 e. The van der Waals surface area contributed by atoms with Crippen molar-refractivity contribution in [2.24, 2.45) is 5.92 Å². The molecule has 2 saturated heterocycles. The van der Waals surface area contributed by atoms with E-state index in [0.29, 0.717) is 19.3 Å². The van der Waals surface area contributed by atoms with E-state index in [0.717, 1.165) is 11.1 Å². The molecule has 0 spiro atoms. The van der Waals surface area contributed by atoms with Crippen LogP contribution in [-0.2, 0) is 9.53 Å². The molecular formula is C23H25F2NO3. The topological polar surface area (TPSA) is 58.6 Å². The summed E-state index contributed by atoms with van der Waals surface area (Å²) in [6.07, 6.45) is 0.0133. The molecule has 2 unspecified atom stereocenters. The van der Waals surface area contributed by atoms with Gasteiger partial charge in [0.1, 0.15) is 23.5 Å². The molecule has 2 aliphatic rings. The Kier molecular flexibility index (Phi) is 5.76. The molecule has 0 saturated carbocycles. The Labute approximate surface area is 168 Å². The predicted octanol–water partition coefficient (Wildman–Crippen LogP) is 3.53. The summed E-state index contributed by atoms with van der Waals surface area (Å²) in [6, 6.07) is 11.8. The van der Waals surface area contributed by atoms with E-state index in [2.05, 4.69) is 5.32 Å². The second-order valence-corrected chi connectivity index (χ2v) is 7.93. The zero-order valence-corrected chi connectivity index (χ0v) is 16.2. The number of hydrogen-bond acceptors (Lipinski definition) is 4. The molecule has 2 aromatic carbocycles. The quantitative estimate of drug-likeness (QED) is 0.778. The first kappa shape index (κ1) is 20.1. The van der Waals surface area contributed by atoms with Crippen LogP contribution in [0.1, 0.15) is 43.4 Å². The Balaban J connectivity index is 1.68. The molecule has 0 amide bonds. The van der Waals surface area contributed by atoms with Gasteiger partial charge in [0, 0.05) is 18.5 Å². The lowest BCUT2D eigenvalue weighted by molar-refractivity contribution is -0.135. The average Bonchev–Trinajstić information content (AvgIpc) is 3.01. The highest BCUT2D eigenvalue weighted by Gasteiger charge is 2.50. The van der Waals surface area contributed by atoms with Crippen molar-refractivity contribution in [1.82, 2.24) is 5.32 Å². The summed E-state index contributed by atoms with van der Waals surface area (Å²) in [4.78, 5) is 12.7. The van der Waals surface area contributed by atoms with Crippen LogP contribution in [0, 0.1) is 17.6 Å². The Hall–Kier alpha value is -2.15. The highest BCUT2D eigenvalue weighted by Crippen LogP contribution is 2.39. The van der Waals surface area contributed by atoms with Gasteiger partial charge in [-0.1, -0.05) is 31.2 Å². The van der Waals surface area contributed by atoms with E-state index in [4.69, 9.17) is 4.74 Å². The maximum atomic E-state index is 13.5. The summed E-state index contributed by atoms with van der Waals surface area (Å²) >= 11 is 0. The highest BCUT2D eigenvalue weighted by atomic mass is 19.1. The highest BCUT2D eigenvalue weighted by molar-refractivity contribution is 5.82. The lowest BCUT2D eigenvalue weighted by Crippen LogP contribution is -2.54. The molecule has 6 heteroatoms. The molecule has 5 atom stereocenters. The largest absolute Gasteiger partial charge is 0.391 e. The lowest BCUT2D eigenvalue weighted by atomic mass is 9.83. The number of carbonyl (C=O) groups excluding carboxylic acids is 1. The molecule has 29 heavy (non-hydrogen) atoms.